The summed E-state index contributed by atoms with van der Waals surface area (Å²) in [5.41, 5.74) is 2.36. The van der Waals surface area contributed by atoms with Gasteiger partial charge < -0.3 is 9.15 Å². The highest BCUT2D eigenvalue weighted by Gasteiger charge is 2.44. The number of rotatable bonds is 6. The van der Waals surface area contributed by atoms with E-state index in [0.717, 1.165) is 11.1 Å². The van der Waals surface area contributed by atoms with E-state index in [1.165, 1.54) is 6.07 Å². The summed E-state index contributed by atoms with van der Waals surface area (Å²) < 4.78 is 10.5. The quantitative estimate of drug-likeness (QED) is 0.316. The fourth-order valence-corrected chi connectivity index (χ4v) is 4.00. The molecule has 1 aromatic carbocycles. The summed E-state index contributed by atoms with van der Waals surface area (Å²) in [6.07, 6.45) is 0.0403. The first-order chi connectivity index (χ1) is 13.7. The molecule has 1 heterocycles. The molecule has 1 aromatic heterocycles. The smallest absolute Gasteiger partial charge is 0.336 e. The van der Waals surface area contributed by atoms with Crippen LogP contribution in [0.5, 0.6) is 0 Å². The number of carbonyl (C=O) groups excluding carboxylic acids is 2. The Hall–Kier alpha value is -3.03. The van der Waals surface area contributed by atoms with Crippen LogP contribution in [0.2, 0.25) is 0 Å². The molecule has 0 N–H and O–H groups in total. The maximum absolute atomic E-state index is 12.4. The molecule has 1 fully saturated rings. The number of aryl methyl sites for hydroxylation is 2. The first kappa shape index (κ1) is 20.7. The third kappa shape index (κ3) is 4.52. The minimum absolute atomic E-state index is 0.139. The van der Waals surface area contributed by atoms with Crippen LogP contribution in [0.4, 0.5) is 0 Å². The zero-order valence-electron chi connectivity index (χ0n) is 16.6. The Bertz CT molecular complexity index is 1040. The highest BCUT2D eigenvalue weighted by atomic mass is 16.6. The molecule has 0 radical (unpaired) electrons. The van der Waals surface area contributed by atoms with Crippen molar-refractivity contribution in [3.8, 4) is 0 Å². The van der Waals surface area contributed by atoms with Crippen molar-refractivity contribution < 1.29 is 23.7 Å². The Morgan fingerprint density at radius 1 is 1.24 bits per heavy atom. The predicted molar refractivity (Wildman–Crippen MR) is 104 cm³/mol. The minimum Gasteiger partial charge on any atom is -0.461 e. The summed E-state index contributed by atoms with van der Waals surface area (Å²) in [4.78, 5) is 46.8. The van der Waals surface area contributed by atoms with Crippen LogP contribution in [0, 0.1) is 41.7 Å². The molecule has 0 bridgehead atoms. The predicted octanol–water partition coefficient (Wildman–Crippen LogP) is 2.96. The fraction of sp³-hybridized carbons (Fsp3) is 0.476. The van der Waals surface area contributed by atoms with Crippen molar-refractivity contribution in [3.63, 3.8) is 0 Å². The monoisotopic (exact) mass is 401 g/mol. The van der Waals surface area contributed by atoms with Gasteiger partial charge in [-0.1, -0.05) is 6.92 Å². The maximum atomic E-state index is 12.4. The summed E-state index contributed by atoms with van der Waals surface area (Å²) in [5, 5.41) is 11.6. The normalized spacial score (nSPS) is 21.5. The van der Waals surface area contributed by atoms with Gasteiger partial charge in [0, 0.05) is 40.2 Å². The number of ketones is 1. The lowest BCUT2D eigenvalue weighted by atomic mass is 9.88. The molecule has 154 valence electrons. The second kappa shape index (κ2) is 8.14. The average molecular weight is 401 g/mol. The summed E-state index contributed by atoms with van der Waals surface area (Å²) >= 11 is 0. The van der Waals surface area contributed by atoms with Gasteiger partial charge >= 0.3 is 11.6 Å². The number of ether oxygens (including phenoxy) is 1. The van der Waals surface area contributed by atoms with Crippen LogP contribution in [0.15, 0.2) is 27.4 Å². The average Bonchev–Trinajstić information content (AvgIpc) is 2.87. The molecule has 1 aliphatic carbocycles. The zero-order chi connectivity index (χ0) is 21.3. The van der Waals surface area contributed by atoms with Crippen LogP contribution in [-0.4, -0.2) is 23.2 Å². The molecule has 29 heavy (non-hydrogen) atoms. The van der Waals surface area contributed by atoms with E-state index in [-0.39, 0.29) is 37.7 Å². The number of benzene rings is 1. The van der Waals surface area contributed by atoms with Gasteiger partial charge in [-0.15, -0.1) is 0 Å². The Balaban J connectivity index is 1.74. The standard InChI is InChI=1S/C21H23NO7/c1-11-4-15-14(7-21(25)29-19(15)6-12(11)2)10-28-20(24)8-16-17(9-22(26)27)13(3)5-18(16)23/h4,6-7,13,16-17H,5,8-10H2,1-3H3/t13-,16+,17+/m1/s1. The number of fused-ring (bicyclic) bond motifs is 1. The van der Waals surface area contributed by atoms with Crippen LogP contribution in [0.3, 0.4) is 0 Å². The summed E-state index contributed by atoms with van der Waals surface area (Å²) in [6.45, 7) is 5.14. The fourth-order valence-electron chi connectivity index (χ4n) is 4.00. The number of carbonyl (C=O) groups is 2. The van der Waals surface area contributed by atoms with Crippen molar-refractivity contribution in [2.24, 2.45) is 17.8 Å². The van der Waals surface area contributed by atoms with E-state index in [0.29, 0.717) is 16.5 Å². The molecular formula is C21H23NO7. The van der Waals surface area contributed by atoms with Gasteiger partial charge in [0.2, 0.25) is 6.54 Å². The molecule has 0 saturated heterocycles. The van der Waals surface area contributed by atoms with E-state index >= 15 is 0 Å². The van der Waals surface area contributed by atoms with Gasteiger partial charge in [-0.25, -0.2) is 4.79 Å². The summed E-state index contributed by atoms with van der Waals surface area (Å²) in [7, 11) is 0. The van der Waals surface area contributed by atoms with Crippen molar-refractivity contribution in [3.05, 3.63) is 55.4 Å². The number of Topliss-reactive ketones (excluding diaryl/α,β-unsaturated/α-hetero) is 1. The molecule has 0 amide bonds. The van der Waals surface area contributed by atoms with Gasteiger partial charge in [0.15, 0.2) is 0 Å². The molecule has 3 rings (SSSR count). The second-order valence-corrected chi connectivity index (χ2v) is 7.82. The lowest BCUT2D eigenvalue weighted by Crippen LogP contribution is -2.27. The molecule has 1 aliphatic rings. The molecule has 8 heteroatoms. The molecular weight excluding hydrogens is 378 g/mol. The topological polar surface area (TPSA) is 117 Å². The Labute approximate surface area is 167 Å². The van der Waals surface area contributed by atoms with Gasteiger partial charge in [-0.3, -0.25) is 19.7 Å². The highest BCUT2D eigenvalue weighted by molar-refractivity contribution is 5.88. The molecule has 0 spiro atoms. The van der Waals surface area contributed by atoms with Crippen LogP contribution >= 0.6 is 0 Å². The zero-order valence-corrected chi connectivity index (χ0v) is 16.6. The number of hydrogen-bond donors (Lipinski definition) is 0. The van der Waals surface area contributed by atoms with Crippen molar-refractivity contribution in [2.75, 3.05) is 6.54 Å². The minimum atomic E-state index is -0.703. The van der Waals surface area contributed by atoms with Gasteiger partial charge in [0.1, 0.15) is 18.0 Å². The Morgan fingerprint density at radius 2 is 1.93 bits per heavy atom. The molecule has 1 saturated carbocycles. The first-order valence-electron chi connectivity index (χ1n) is 9.49. The van der Waals surface area contributed by atoms with Gasteiger partial charge in [-0.2, -0.15) is 0 Å². The number of hydrogen-bond acceptors (Lipinski definition) is 7. The summed E-state index contributed by atoms with van der Waals surface area (Å²) in [6, 6.07) is 4.91. The SMILES string of the molecule is Cc1cc2oc(=O)cc(COC(=O)C[C@@H]3C(=O)C[C@@H](C)[C@@H]3C[N+](=O)[O-])c2cc1C. The number of nitrogens with zero attached hydrogens (tertiary/aromatic N) is 1. The molecule has 3 atom stereocenters. The largest absolute Gasteiger partial charge is 0.461 e. The van der Waals surface area contributed by atoms with Crippen molar-refractivity contribution in [2.45, 2.75) is 40.2 Å². The van der Waals surface area contributed by atoms with Crippen LogP contribution in [0.1, 0.15) is 36.5 Å². The van der Waals surface area contributed by atoms with E-state index in [4.69, 9.17) is 9.15 Å². The van der Waals surface area contributed by atoms with Crippen molar-refractivity contribution in [1.82, 2.24) is 0 Å². The van der Waals surface area contributed by atoms with Crippen molar-refractivity contribution >= 4 is 22.7 Å². The lowest BCUT2D eigenvalue weighted by Gasteiger charge is -2.17. The van der Waals surface area contributed by atoms with Crippen LogP contribution in [-0.2, 0) is 20.9 Å². The van der Waals surface area contributed by atoms with Gasteiger partial charge in [0.05, 0.1) is 6.42 Å². The third-order valence-corrected chi connectivity index (χ3v) is 5.76. The first-order valence-corrected chi connectivity index (χ1v) is 9.49. The van der Waals surface area contributed by atoms with E-state index < -0.39 is 28.4 Å². The third-order valence-electron chi connectivity index (χ3n) is 5.76. The molecule has 2 aromatic rings. The maximum Gasteiger partial charge on any atom is 0.336 e. The molecule has 8 nitrogen and oxygen atoms in total. The lowest BCUT2D eigenvalue weighted by molar-refractivity contribution is -0.490. The van der Waals surface area contributed by atoms with Gasteiger partial charge in [0.25, 0.3) is 0 Å². The Morgan fingerprint density at radius 3 is 2.62 bits per heavy atom. The molecule has 0 aliphatic heterocycles. The number of nitro groups is 1. The Kier molecular flexibility index (Phi) is 5.81. The van der Waals surface area contributed by atoms with Crippen LogP contribution in [0.25, 0.3) is 11.0 Å². The van der Waals surface area contributed by atoms with E-state index in [1.54, 1.807) is 13.0 Å². The second-order valence-electron chi connectivity index (χ2n) is 7.82. The van der Waals surface area contributed by atoms with Crippen LogP contribution < -0.4 is 5.63 Å². The summed E-state index contributed by atoms with van der Waals surface area (Å²) in [5.74, 6) is -2.07. The van der Waals surface area contributed by atoms with Crippen molar-refractivity contribution in [1.29, 1.82) is 0 Å². The molecule has 0 unspecified atom stereocenters. The number of esters is 1. The van der Waals surface area contributed by atoms with E-state index in [2.05, 4.69) is 0 Å². The van der Waals surface area contributed by atoms with Gasteiger partial charge in [-0.05, 0) is 43.0 Å². The van der Waals surface area contributed by atoms with E-state index in [1.807, 2.05) is 19.9 Å². The highest BCUT2D eigenvalue weighted by Crippen LogP contribution is 2.36. The van der Waals surface area contributed by atoms with E-state index in [9.17, 15) is 24.5 Å².